The van der Waals surface area contributed by atoms with Gasteiger partial charge < -0.3 is 0 Å². The smallest absolute Gasteiger partial charge is 0.0414 e. The summed E-state index contributed by atoms with van der Waals surface area (Å²) in [6.07, 6.45) is 0. The van der Waals surface area contributed by atoms with Crippen LogP contribution in [0.4, 0.5) is 0 Å². The average molecular weight is 467 g/mol. The predicted molar refractivity (Wildman–Crippen MR) is 159 cm³/mol. The Kier molecular flexibility index (Phi) is 21.3. The van der Waals surface area contributed by atoms with Crippen LogP contribution in [0.5, 0.6) is 0 Å². The zero-order valence-electron chi connectivity index (χ0n) is 15.7. The Balaban J connectivity index is -0.000000219. The van der Waals surface area contributed by atoms with E-state index >= 15 is 0 Å². The molecule has 0 amide bonds. The van der Waals surface area contributed by atoms with Gasteiger partial charge in [0.05, 0.1) is 0 Å². The third kappa shape index (κ3) is 11.6. The molecule has 4 aromatic carbocycles. The summed E-state index contributed by atoms with van der Waals surface area (Å²) in [6, 6.07) is 35.4. The highest BCUT2D eigenvalue weighted by Gasteiger charge is 1.99. The number of aryl methyl sites for hydroxylation is 2. The first-order valence-corrected chi connectivity index (χ1v) is 9.44. The summed E-state index contributed by atoms with van der Waals surface area (Å²) in [5, 5.41) is 0.797. The predicted octanol–water partition coefficient (Wildman–Crippen LogP) is 11.8. The van der Waals surface area contributed by atoms with E-state index in [1.807, 2.05) is 24.3 Å². The Labute approximate surface area is 211 Å². The molecule has 0 bridgehead atoms. The molecule has 0 saturated carbocycles. The summed E-state index contributed by atoms with van der Waals surface area (Å²) < 4.78 is 0. The van der Waals surface area contributed by atoms with Gasteiger partial charge >= 0.3 is 0 Å². The fourth-order valence-electron chi connectivity index (χ4n) is 2.91. The molecule has 33 heavy (non-hydrogen) atoms. The van der Waals surface area contributed by atoms with Crippen LogP contribution < -0.4 is 0 Å². The number of halogens is 1. The summed E-state index contributed by atoms with van der Waals surface area (Å²) in [5.74, 6) is 0. The number of rotatable bonds is 2. The van der Waals surface area contributed by atoms with Gasteiger partial charge in [0.15, 0.2) is 0 Å². The average Bonchev–Trinajstić information content (AvgIpc) is 2.70. The van der Waals surface area contributed by atoms with Gasteiger partial charge in [0, 0.05) is 5.02 Å². The van der Waals surface area contributed by atoms with E-state index < -0.39 is 0 Å². The van der Waals surface area contributed by atoms with Crippen LogP contribution in [0.2, 0.25) is 5.02 Å². The van der Waals surface area contributed by atoms with Crippen molar-refractivity contribution in [1.82, 2.24) is 0 Å². The van der Waals surface area contributed by atoms with Crippen LogP contribution in [0.1, 0.15) is 55.7 Å². The maximum atomic E-state index is 6.03. The Morgan fingerprint density at radius 2 is 0.788 bits per heavy atom. The van der Waals surface area contributed by atoms with Crippen LogP contribution in [-0.2, 0) is 0 Å². The van der Waals surface area contributed by atoms with Gasteiger partial charge in [-0.3, -0.25) is 0 Å². The second kappa shape index (κ2) is 18.7. The topological polar surface area (TPSA) is 0 Å². The minimum atomic E-state index is 0. The largest absolute Gasteiger partial charge is 0.0843 e. The van der Waals surface area contributed by atoms with Crippen molar-refractivity contribution in [2.24, 2.45) is 0 Å². The Hall–Kier alpha value is -2.83. The van der Waals surface area contributed by atoms with Gasteiger partial charge in [-0.2, -0.15) is 0 Å². The van der Waals surface area contributed by atoms with E-state index in [-0.39, 0.29) is 44.6 Å². The summed E-state index contributed by atoms with van der Waals surface area (Å²) >= 11 is 6.03. The normalized spacial score (nSPS) is 8.21. The van der Waals surface area contributed by atoms with Crippen molar-refractivity contribution < 1.29 is 0 Å². The molecule has 0 aliphatic carbocycles. The van der Waals surface area contributed by atoms with Gasteiger partial charge in [-0.05, 0) is 53.8 Å². The van der Waals surface area contributed by atoms with E-state index in [1.54, 1.807) is 0 Å². The molecular weight excluding hydrogens is 420 g/mol. The van der Waals surface area contributed by atoms with Crippen molar-refractivity contribution in [3.05, 3.63) is 119 Å². The Morgan fingerprint density at radius 3 is 1.18 bits per heavy atom. The Morgan fingerprint density at radius 1 is 0.394 bits per heavy atom. The lowest BCUT2D eigenvalue weighted by atomic mass is 10.0. The van der Waals surface area contributed by atoms with Crippen LogP contribution in [0.3, 0.4) is 0 Å². The lowest BCUT2D eigenvalue weighted by molar-refractivity contribution is 1.44. The number of benzene rings is 4. The first-order valence-electron chi connectivity index (χ1n) is 9.06. The zero-order chi connectivity index (χ0) is 19.1. The van der Waals surface area contributed by atoms with E-state index in [0.29, 0.717) is 0 Å². The van der Waals surface area contributed by atoms with Crippen LogP contribution in [0.15, 0.2) is 103 Å². The highest BCUT2D eigenvalue weighted by Crippen LogP contribution is 2.24. The molecule has 1 heteroatoms. The second-order valence-corrected chi connectivity index (χ2v) is 7.05. The molecule has 0 aliphatic heterocycles. The van der Waals surface area contributed by atoms with Gasteiger partial charge in [-0.25, -0.2) is 0 Å². The zero-order valence-corrected chi connectivity index (χ0v) is 16.4. The Bertz CT molecular complexity index is 914. The standard InChI is InChI=1S/C14H13Cl.C12H10.6CH4/c1-10-3-5-12(6-4-10)13-7-11(2)8-14(15)9-13;1-3-7-11(8-4-1)12-9-5-2-6-10-12;;;;;;/h3-9H,1-2H3;1-10H;6*1H4. The van der Waals surface area contributed by atoms with Crippen molar-refractivity contribution in [2.45, 2.75) is 58.4 Å². The quantitative estimate of drug-likeness (QED) is 0.275. The third-order valence-electron chi connectivity index (χ3n) is 4.31. The van der Waals surface area contributed by atoms with Gasteiger partial charge in [0.25, 0.3) is 0 Å². The van der Waals surface area contributed by atoms with Gasteiger partial charge in [-0.15, -0.1) is 0 Å². The first kappa shape index (κ1) is 37.5. The molecule has 0 saturated heterocycles. The molecule has 4 aromatic rings. The van der Waals surface area contributed by atoms with Crippen molar-refractivity contribution in [3.63, 3.8) is 0 Å². The van der Waals surface area contributed by atoms with Crippen LogP contribution in [-0.4, -0.2) is 0 Å². The van der Waals surface area contributed by atoms with Gasteiger partial charge in [0.1, 0.15) is 0 Å². The molecule has 0 fully saturated rings. The minimum absolute atomic E-state index is 0. The highest BCUT2D eigenvalue weighted by atomic mass is 35.5. The SMILES string of the molecule is C.C.C.C.C.C.Cc1ccc(-c2cc(C)cc(Cl)c2)cc1.c1ccc(-c2ccccc2)cc1. The fraction of sp³-hybridized carbons (Fsp3) is 0.250. The summed E-state index contributed by atoms with van der Waals surface area (Å²) in [6.45, 7) is 4.15. The van der Waals surface area contributed by atoms with Crippen molar-refractivity contribution >= 4 is 11.6 Å². The molecule has 4 rings (SSSR count). The maximum absolute atomic E-state index is 6.03. The molecular formula is C32H47Cl. The summed E-state index contributed by atoms with van der Waals surface area (Å²) in [4.78, 5) is 0. The first-order chi connectivity index (χ1) is 13.1. The molecule has 0 heterocycles. The van der Waals surface area contributed by atoms with E-state index in [4.69, 9.17) is 11.6 Å². The molecule has 0 N–H and O–H groups in total. The lowest BCUT2D eigenvalue weighted by Gasteiger charge is -2.04. The maximum Gasteiger partial charge on any atom is 0.0414 e. The molecule has 0 nitrogen and oxygen atoms in total. The summed E-state index contributed by atoms with van der Waals surface area (Å²) in [7, 11) is 0. The summed E-state index contributed by atoms with van der Waals surface area (Å²) in [5.41, 5.74) is 7.41. The van der Waals surface area contributed by atoms with Crippen LogP contribution in [0, 0.1) is 13.8 Å². The molecule has 0 aromatic heterocycles. The third-order valence-corrected chi connectivity index (χ3v) is 4.53. The van der Waals surface area contributed by atoms with E-state index in [2.05, 4.69) is 92.7 Å². The number of hydrogen-bond acceptors (Lipinski definition) is 0. The van der Waals surface area contributed by atoms with Gasteiger partial charge in [-0.1, -0.05) is 153 Å². The van der Waals surface area contributed by atoms with E-state index in [1.165, 1.54) is 33.4 Å². The molecule has 0 aliphatic rings. The molecule has 0 atom stereocenters. The van der Waals surface area contributed by atoms with Crippen molar-refractivity contribution in [1.29, 1.82) is 0 Å². The molecule has 182 valence electrons. The minimum Gasteiger partial charge on any atom is -0.0843 e. The van der Waals surface area contributed by atoms with Crippen LogP contribution >= 0.6 is 11.6 Å². The lowest BCUT2D eigenvalue weighted by Crippen LogP contribution is -1.81. The monoisotopic (exact) mass is 466 g/mol. The van der Waals surface area contributed by atoms with E-state index in [0.717, 1.165) is 5.02 Å². The number of hydrogen-bond donors (Lipinski definition) is 0. The van der Waals surface area contributed by atoms with Crippen LogP contribution in [0.25, 0.3) is 22.3 Å². The van der Waals surface area contributed by atoms with E-state index in [9.17, 15) is 0 Å². The van der Waals surface area contributed by atoms with Crippen molar-refractivity contribution in [3.8, 4) is 22.3 Å². The molecule has 0 unspecified atom stereocenters. The molecule has 0 radical (unpaired) electrons. The second-order valence-electron chi connectivity index (χ2n) is 6.62. The molecule has 0 spiro atoms. The van der Waals surface area contributed by atoms with Gasteiger partial charge in [0.2, 0.25) is 0 Å². The van der Waals surface area contributed by atoms with Crippen molar-refractivity contribution in [2.75, 3.05) is 0 Å². The highest BCUT2D eigenvalue weighted by molar-refractivity contribution is 6.30. The fourth-order valence-corrected chi connectivity index (χ4v) is 3.20.